The fourth-order valence-corrected chi connectivity index (χ4v) is 5.14. The van der Waals surface area contributed by atoms with Gasteiger partial charge in [0, 0.05) is 24.4 Å². The Balaban J connectivity index is 1.51. The number of aromatic amines is 1. The largest absolute Gasteiger partial charge is 0.495 e. The smallest absolute Gasteiger partial charge is 0.144 e. The van der Waals surface area contributed by atoms with Crippen LogP contribution in [0.1, 0.15) is 35.7 Å². The number of pyridine rings is 1. The molecule has 1 aliphatic carbocycles. The molecule has 32 heavy (non-hydrogen) atoms. The molecule has 6 rings (SSSR count). The molecule has 2 N–H and O–H groups in total. The highest BCUT2D eigenvalue weighted by atomic mass is 16.5. The maximum absolute atomic E-state index is 10.4. The Morgan fingerprint density at radius 1 is 1.31 bits per heavy atom. The Hall–Kier alpha value is -3.70. The molecule has 2 aliphatic rings. The van der Waals surface area contributed by atoms with Gasteiger partial charge < -0.3 is 10.1 Å². The van der Waals surface area contributed by atoms with E-state index in [1.165, 1.54) is 5.56 Å². The number of hydrogen-bond donors (Lipinski definition) is 2. The van der Waals surface area contributed by atoms with Crippen LogP contribution in [0.25, 0.3) is 22.3 Å². The summed E-state index contributed by atoms with van der Waals surface area (Å²) in [6, 6.07) is 13.0. The molecule has 1 unspecified atom stereocenters. The topological polar surface area (TPSA) is 104 Å². The highest BCUT2D eigenvalue weighted by molar-refractivity contribution is 5.90. The lowest BCUT2D eigenvalue weighted by atomic mass is 9.79. The SMILES string of the molecule is COc1cc2[nH]nc(-c3cnn([C@H]4CCNC4)c3)c2nc1C1(C#N)CCc2ccccc21. The van der Waals surface area contributed by atoms with Crippen LogP contribution in [0.4, 0.5) is 0 Å². The molecule has 1 aliphatic heterocycles. The fourth-order valence-electron chi connectivity index (χ4n) is 5.14. The lowest BCUT2D eigenvalue weighted by Crippen LogP contribution is -2.25. The second-order valence-electron chi connectivity index (χ2n) is 8.54. The van der Waals surface area contributed by atoms with E-state index in [1.54, 1.807) is 7.11 Å². The summed E-state index contributed by atoms with van der Waals surface area (Å²) in [5.41, 5.74) is 5.15. The van der Waals surface area contributed by atoms with Crippen LogP contribution in [0.15, 0.2) is 42.7 Å². The van der Waals surface area contributed by atoms with Crippen LogP contribution in [-0.4, -0.2) is 45.2 Å². The van der Waals surface area contributed by atoms with Crippen molar-refractivity contribution in [3.63, 3.8) is 0 Å². The summed E-state index contributed by atoms with van der Waals surface area (Å²) in [6.45, 7) is 1.93. The molecular formula is C24H23N7O. The summed E-state index contributed by atoms with van der Waals surface area (Å²) in [5.74, 6) is 0.596. The second-order valence-corrected chi connectivity index (χ2v) is 8.54. The normalized spacial score (nSPS) is 22.2. The average molecular weight is 425 g/mol. The zero-order chi connectivity index (χ0) is 21.7. The molecule has 8 heteroatoms. The molecule has 4 heterocycles. The quantitative estimate of drug-likeness (QED) is 0.521. The maximum Gasteiger partial charge on any atom is 0.144 e. The lowest BCUT2D eigenvalue weighted by Gasteiger charge is -2.24. The summed E-state index contributed by atoms with van der Waals surface area (Å²) in [5, 5.41) is 26.0. The second kappa shape index (κ2) is 7.18. The standard InChI is InChI=1S/C24H23N7O/c1-32-20-10-19-22(21(30-29-19)16-11-27-31(13-16)17-7-9-26-12-17)28-23(20)24(14-25)8-6-15-4-2-3-5-18(15)24/h2-5,10-11,13,17,26H,6-9,12H2,1H3,(H,29,30)/t17-,24?/m0/s1. The molecular weight excluding hydrogens is 402 g/mol. The van der Waals surface area contributed by atoms with E-state index in [9.17, 15) is 5.26 Å². The number of nitriles is 1. The van der Waals surface area contributed by atoms with Crippen LogP contribution >= 0.6 is 0 Å². The number of rotatable bonds is 4. The summed E-state index contributed by atoms with van der Waals surface area (Å²) < 4.78 is 7.71. The lowest BCUT2D eigenvalue weighted by molar-refractivity contribution is 0.399. The Morgan fingerprint density at radius 2 is 2.22 bits per heavy atom. The average Bonchev–Trinajstić information content (AvgIpc) is 3.63. The van der Waals surface area contributed by atoms with Gasteiger partial charge in [-0.15, -0.1) is 0 Å². The van der Waals surface area contributed by atoms with Gasteiger partial charge in [-0.3, -0.25) is 9.78 Å². The first-order chi connectivity index (χ1) is 15.7. The number of ether oxygens (including phenoxy) is 1. The van der Waals surface area contributed by atoms with Gasteiger partial charge in [0.2, 0.25) is 0 Å². The first-order valence-electron chi connectivity index (χ1n) is 10.9. The van der Waals surface area contributed by atoms with Gasteiger partial charge in [0.1, 0.15) is 28.1 Å². The van der Waals surface area contributed by atoms with Gasteiger partial charge in [-0.2, -0.15) is 15.5 Å². The Morgan fingerprint density at radius 3 is 3.03 bits per heavy atom. The highest BCUT2D eigenvalue weighted by Gasteiger charge is 2.44. The molecule has 160 valence electrons. The van der Waals surface area contributed by atoms with Crippen molar-refractivity contribution in [2.45, 2.75) is 30.7 Å². The van der Waals surface area contributed by atoms with Crippen molar-refractivity contribution < 1.29 is 4.74 Å². The monoisotopic (exact) mass is 425 g/mol. The number of methoxy groups -OCH3 is 1. The number of fused-ring (bicyclic) bond motifs is 2. The third-order valence-corrected chi connectivity index (χ3v) is 6.84. The number of aryl methyl sites for hydroxylation is 1. The Labute approximate surface area is 185 Å². The molecule has 3 aromatic heterocycles. The van der Waals surface area contributed by atoms with E-state index >= 15 is 0 Å². The molecule has 4 aromatic rings. The van der Waals surface area contributed by atoms with Gasteiger partial charge in [0.25, 0.3) is 0 Å². The first-order valence-corrected chi connectivity index (χ1v) is 10.9. The summed E-state index contributed by atoms with van der Waals surface area (Å²) in [6.07, 6.45) is 6.45. The van der Waals surface area contributed by atoms with Crippen LogP contribution in [0.3, 0.4) is 0 Å². The Bertz CT molecular complexity index is 1360. The number of nitrogens with one attached hydrogen (secondary N) is 2. The number of nitrogens with zero attached hydrogens (tertiary/aromatic N) is 5. The van der Waals surface area contributed by atoms with Crippen molar-refractivity contribution in [3.05, 3.63) is 59.5 Å². The summed E-state index contributed by atoms with van der Waals surface area (Å²) >= 11 is 0. The zero-order valence-electron chi connectivity index (χ0n) is 17.8. The predicted molar refractivity (Wildman–Crippen MR) is 119 cm³/mol. The predicted octanol–water partition coefficient (Wildman–Crippen LogP) is 3.12. The highest BCUT2D eigenvalue weighted by Crippen LogP contribution is 2.47. The van der Waals surface area contributed by atoms with Crippen molar-refractivity contribution in [1.29, 1.82) is 5.26 Å². The van der Waals surface area contributed by atoms with Crippen LogP contribution in [0.5, 0.6) is 5.75 Å². The van der Waals surface area contributed by atoms with E-state index in [-0.39, 0.29) is 0 Å². The number of hydrogen-bond acceptors (Lipinski definition) is 6. The third-order valence-electron chi connectivity index (χ3n) is 6.84. The van der Waals surface area contributed by atoms with Crippen molar-refractivity contribution >= 4 is 11.0 Å². The van der Waals surface area contributed by atoms with E-state index in [1.807, 2.05) is 41.3 Å². The number of benzene rings is 1. The van der Waals surface area contributed by atoms with Crippen molar-refractivity contribution in [2.24, 2.45) is 0 Å². The molecule has 1 fully saturated rings. The minimum absolute atomic E-state index is 0.356. The first kappa shape index (κ1) is 19.0. The fraction of sp³-hybridized carbons (Fsp3) is 0.333. The van der Waals surface area contributed by atoms with Gasteiger partial charge in [-0.1, -0.05) is 24.3 Å². The molecule has 1 aromatic carbocycles. The van der Waals surface area contributed by atoms with Crippen LogP contribution in [0.2, 0.25) is 0 Å². The van der Waals surface area contributed by atoms with Gasteiger partial charge in [0.05, 0.1) is 30.9 Å². The van der Waals surface area contributed by atoms with Crippen molar-refractivity contribution in [1.82, 2.24) is 30.3 Å². The summed E-state index contributed by atoms with van der Waals surface area (Å²) in [4.78, 5) is 5.02. The third kappa shape index (κ3) is 2.68. The van der Waals surface area contributed by atoms with Crippen LogP contribution in [-0.2, 0) is 11.8 Å². The van der Waals surface area contributed by atoms with E-state index in [4.69, 9.17) is 9.72 Å². The molecule has 0 radical (unpaired) electrons. The van der Waals surface area contributed by atoms with Gasteiger partial charge in [-0.25, -0.2) is 4.98 Å². The molecule has 0 bridgehead atoms. The van der Waals surface area contributed by atoms with Crippen molar-refractivity contribution in [2.75, 3.05) is 20.2 Å². The Kier molecular flexibility index (Phi) is 4.26. The number of H-pyrrole nitrogens is 1. The summed E-state index contributed by atoms with van der Waals surface area (Å²) in [7, 11) is 1.62. The van der Waals surface area contributed by atoms with E-state index in [2.05, 4.69) is 32.7 Å². The molecule has 0 amide bonds. The van der Waals surface area contributed by atoms with E-state index in [0.717, 1.165) is 53.8 Å². The molecule has 2 atom stereocenters. The van der Waals surface area contributed by atoms with Crippen LogP contribution in [0, 0.1) is 11.3 Å². The molecule has 1 saturated heterocycles. The van der Waals surface area contributed by atoms with Gasteiger partial charge >= 0.3 is 0 Å². The maximum atomic E-state index is 10.4. The molecule has 0 spiro atoms. The van der Waals surface area contributed by atoms with E-state index < -0.39 is 5.41 Å². The zero-order valence-corrected chi connectivity index (χ0v) is 17.8. The minimum Gasteiger partial charge on any atom is -0.495 e. The minimum atomic E-state index is -0.843. The van der Waals surface area contributed by atoms with Gasteiger partial charge in [0.15, 0.2) is 0 Å². The van der Waals surface area contributed by atoms with E-state index in [0.29, 0.717) is 23.9 Å². The molecule has 8 nitrogen and oxygen atoms in total. The van der Waals surface area contributed by atoms with Gasteiger partial charge in [-0.05, 0) is 36.9 Å². The number of aromatic nitrogens is 5. The van der Waals surface area contributed by atoms with Crippen molar-refractivity contribution in [3.8, 4) is 23.1 Å². The van der Waals surface area contributed by atoms with Crippen LogP contribution < -0.4 is 10.1 Å². The molecule has 0 saturated carbocycles.